The first-order valence-electron chi connectivity index (χ1n) is 4.31. The molecule has 0 radical (unpaired) electrons. The third-order valence-electron chi connectivity index (χ3n) is 1.23. The molecule has 0 saturated carbocycles. The van der Waals surface area contributed by atoms with E-state index < -0.39 is 12.1 Å². The number of esters is 1. The van der Waals surface area contributed by atoms with Crippen LogP contribution >= 0.6 is 0 Å². The van der Waals surface area contributed by atoms with E-state index in [9.17, 15) is 9.59 Å². The summed E-state index contributed by atoms with van der Waals surface area (Å²) in [4.78, 5) is 21.6. The second kappa shape index (κ2) is 6.94. The first-order chi connectivity index (χ1) is 6.57. The molecule has 0 rings (SSSR count). The van der Waals surface area contributed by atoms with Crippen molar-refractivity contribution in [3.05, 3.63) is 12.2 Å². The molecule has 1 N–H and O–H groups in total. The van der Waals surface area contributed by atoms with Crippen molar-refractivity contribution in [2.75, 3.05) is 19.8 Å². The highest BCUT2D eigenvalue weighted by molar-refractivity contribution is 5.86. The number of carbonyl (C=O) groups is 2. The van der Waals surface area contributed by atoms with E-state index in [1.807, 2.05) is 0 Å². The van der Waals surface area contributed by atoms with Gasteiger partial charge in [0.1, 0.15) is 6.61 Å². The maximum Gasteiger partial charge on any atom is 0.407 e. The number of alkyl carbamates (subject to hydrolysis) is 1. The minimum atomic E-state index is -0.515. The van der Waals surface area contributed by atoms with E-state index in [4.69, 9.17) is 4.74 Å². The number of carbonyl (C=O) groups excluding carboxylic acids is 2. The first kappa shape index (κ1) is 12.5. The highest BCUT2D eigenvalue weighted by Gasteiger charge is 2.03. The Morgan fingerprint density at radius 1 is 1.43 bits per heavy atom. The fraction of sp³-hybridized carbons (Fsp3) is 0.556. The van der Waals surface area contributed by atoms with Gasteiger partial charge in [-0.2, -0.15) is 0 Å². The van der Waals surface area contributed by atoms with Gasteiger partial charge in [0, 0.05) is 7.00 Å². The topological polar surface area (TPSA) is 64.6 Å². The minimum absolute atomic E-state index is 0. The molecule has 0 bridgehead atoms. The van der Waals surface area contributed by atoms with Crippen LogP contribution < -0.4 is 5.32 Å². The second-order valence-electron chi connectivity index (χ2n) is 2.56. The fourth-order valence-corrected chi connectivity index (χ4v) is 0.602. The van der Waals surface area contributed by atoms with Crippen LogP contribution in [0, 0.1) is 0 Å². The van der Waals surface area contributed by atoms with Crippen LogP contribution in [0.1, 0.15) is 15.3 Å². The molecule has 14 heavy (non-hydrogen) atoms. The lowest BCUT2D eigenvalue weighted by Crippen LogP contribution is -2.28. The van der Waals surface area contributed by atoms with Gasteiger partial charge >= 0.3 is 12.1 Å². The Bertz CT molecular complexity index is 230. The van der Waals surface area contributed by atoms with Gasteiger partial charge in [0.05, 0.1) is 13.2 Å². The highest BCUT2D eigenvalue weighted by atomic mass is 16.6. The number of amides is 1. The fourth-order valence-electron chi connectivity index (χ4n) is 0.602. The van der Waals surface area contributed by atoms with Gasteiger partial charge in [0.15, 0.2) is 0 Å². The van der Waals surface area contributed by atoms with Crippen molar-refractivity contribution in [1.82, 2.24) is 5.32 Å². The molecule has 0 aliphatic rings. The SMILES string of the molecule is C=C(C)C(=O)OCCNC(=O)OCC.[HH]. The van der Waals surface area contributed by atoms with Crippen LogP contribution in [0.2, 0.25) is 0 Å². The van der Waals surface area contributed by atoms with E-state index in [1.54, 1.807) is 13.8 Å². The molecule has 82 valence electrons. The minimum Gasteiger partial charge on any atom is -0.460 e. The third kappa shape index (κ3) is 6.05. The zero-order chi connectivity index (χ0) is 11.0. The summed E-state index contributed by atoms with van der Waals surface area (Å²) >= 11 is 0. The molecule has 0 spiro atoms. The van der Waals surface area contributed by atoms with Crippen molar-refractivity contribution in [2.45, 2.75) is 13.8 Å². The van der Waals surface area contributed by atoms with Gasteiger partial charge in [-0.25, -0.2) is 9.59 Å². The van der Waals surface area contributed by atoms with Gasteiger partial charge in [0.2, 0.25) is 0 Å². The van der Waals surface area contributed by atoms with Crippen LogP contribution in [0.5, 0.6) is 0 Å². The number of rotatable bonds is 5. The molecule has 0 heterocycles. The summed E-state index contributed by atoms with van der Waals surface area (Å²) in [5.74, 6) is -0.462. The second-order valence-corrected chi connectivity index (χ2v) is 2.56. The summed E-state index contributed by atoms with van der Waals surface area (Å²) in [6.45, 7) is 7.34. The summed E-state index contributed by atoms with van der Waals surface area (Å²) in [7, 11) is 0. The van der Waals surface area contributed by atoms with Crippen LogP contribution in [-0.2, 0) is 14.3 Å². The Balaban J connectivity index is 0. The van der Waals surface area contributed by atoms with Crippen LogP contribution in [0.4, 0.5) is 4.79 Å². The molecule has 0 aromatic rings. The molecular weight excluding hydrogens is 186 g/mol. The van der Waals surface area contributed by atoms with Crippen LogP contribution in [0.15, 0.2) is 12.2 Å². The molecule has 0 atom stereocenters. The zero-order valence-corrected chi connectivity index (χ0v) is 8.46. The normalized spacial score (nSPS) is 9.00. The van der Waals surface area contributed by atoms with E-state index in [-0.39, 0.29) is 14.6 Å². The van der Waals surface area contributed by atoms with Crippen molar-refractivity contribution in [2.24, 2.45) is 0 Å². The maximum atomic E-state index is 10.8. The lowest BCUT2D eigenvalue weighted by molar-refractivity contribution is -0.138. The van der Waals surface area contributed by atoms with Crippen molar-refractivity contribution < 1.29 is 20.5 Å². The lowest BCUT2D eigenvalue weighted by Gasteiger charge is -2.05. The Labute approximate surface area is 84.6 Å². The summed E-state index contributed by atoms with van der Waals surface area (Å²) in [6, 6.07) is 0. The Morgan fingerprint density at radius 2 is 2.07 bits per heavy atom. The van der Waals surface area contributed by atoms with Crippen molar-refractivity contribution in [1.29, 1.82) is 0 Å². The van der Waals surface area contributed by atoms with E-state index in [0.29, 0.717) is 12.2 Å². The molecule has 0 aliphatic carbocycles. The lowest BCUT2D eigenvalue weighted by atomic mass is 10.4. The van der Waals surface area contributed by atoms with Crippen LogP contribution in [-0.4, -0.2) is 31.8 Å². The standard InChI is InChI=1S/C9H15NO4.H2/c1-4-13-9(12)10-5-6-14-8(11)7(2)3;/h2,4-6H2,1,3H3,(H,10,12);1H. The predicted octanol–water partition coefficient (Wildman–Crippen LogP) is 1.10. The molecule has 5 nitrogen and oxygen atoms in total. The molecule has 5 heteroatoms. The summed E-state index contributed by atoms with van der Waals surface area (Å²) in [6.07, 6.45) is -0.515. The largest absolute Gasteiger partial charge is 0.460 e. The molecule has 0 saturated heterocycles. The maximum absolute atomic E-state index is 10.8. The van der Waals surface area contributed by atoms with Crippen LogP contribution in [0.3, 0.4) is 0 Å². The average molecular weight is 203 g/mol. The molecule has 1 amide bonds. The Morgan fingerprint density at radius 3 is 2.57 bits per heavy atom. The van der Waals surface area contributed by atoms with Gasteiger partial charge in [0.25, 0.3) is 0 Å². The van der Waals surface area contributed by atoms with E-state index in [1.165, 1.54) is 0 Å². The number of hydrogen-bond donors (Lipinski definition) is 1. The number of hydrogen-bond acceptors (Lipinski definition) is 4. The number of ether oxygens (including phenoxy) is 2. The van der Waals surface area contributed by atoms with E-state index in [0.717, 1.165) is 0 Å². The Kier molecular flexibility index (Phi) is 6.19. The smallest absolute Gasteiger partial charge is 0.407 e. The molecule has 0 aromatic carbocycles. The Hall–Kier alpha value is -1.52. The quantitative estimate of drug-likeness (QED) is 0.413. The van der Waals surface area contributed by atoms with E-state index in [2.05, 4.69) is 16.6 Å². The van der Waals surface area contributed by atoms with Gasteiger partial charge < -0.3 is 14.8 Å². The highest BCUT2D eigenvalue weighted by Crippen LogP contribution is 1.90. The van der Waals surface area contributed by atoms with Gasteiger partial charge in [-0.05, 0) is 13.8 Å². The average Bonchev–Trinajstić information content (AvgIpc) is 2.12. The van der Waals surface area contributed by atoms with Gasteiger partial charge in [-0.3, -0.25) is 0 Å². The summed E-state index contributed by atoms with van der Waals surface area (Å²) in [5, 5.41) is 2.41. The third-order valence-corrected chi connectivity index (χ3v) is 1.23. The zero-order valence-electron chi connectivity index (χ0n) is 8.46. The van der Waals surface area contributed by atoms with Gasteiger partial charge in [-0.15, -0.1) is 0 Å². The monoisotopic (exact) mass is 203 g/mol. The molecular formula is C9H17NO4. The number of nitrogens with one attached hydrogen (secondary N) is 1. The van der Waals surface area contributed by atoms with Crippen molar-refractivity contribution in [3.63, 3.8) is 0 Å². The van der Waals surface area contributed by atoms with Crippen LogP contribution in [0.25, 0.3) is 0 Å². The summed E-state index contributed by atoms with van der Waals surface area (Å²) in [5.41, 5.74) is 0.334. The predicted molar refractivity (Wildman–Crippen MR) is 52.9 cm³/mol. The summed E-state index contributed by atoms with van der Waals surface area (Å²) < 4.78 is 9.31. The first-order valence-corrected chi connectivity index (χ1v) is 4.31. The van der Waals surface area contributed by atoms with Crippen molar-refractivity contribution in [3.8, 4) is 0 Å². The van der Waals surface area contributed by atoms with E-state index >= 15 is 0 Å². The molecule has 0 aliphatic heterocycles. The van der Waals surface area contributed by atoms with Gasteiger partial charge in [-0.1, -0.05) is 6.58 Å². The molecule has 0 fully saturated rings. The van der Waals surface area contributed by atoms with Crippen molar-refractivity contribution >= 4 is 12.1 Å². The molecule has 0 aromatic heterocycles. The molecule has 0 unspecified atom stereocenters.